The van der Waals surface area contributed by atoms with Crippen molar-refractivity contribution in [2.45, 2.75) is 56.7 Å². The van der Waals surface area contributed by atoms with Crippen molar-refractivity contribution in [3.63, 3.8) is 0 Å². The molecule has 9 N–H and O–H groups in total. The van der Waals surface area contributed by atoms with Crippen LogP contribution in [0.15, 0.2) is 97.6 Å². The Hall–Kier alpha value is -6.40. The number of piperidine rings is 1. The first-order valence-electron chi connectivity index (χ1n) is 21.3. The lowest BCUT2D eigenvalue weighted by Gasteiger charge is -2.45. The van der Waals surface area contributed by atoms with Crippen LogP contribution in [0.25, 0.3) is 0 Å². The molecule has 1 aliphatic heterocycles. The Bertz CT molecular complexity index is 2160. The molecule has 3 unspecified atom stereocenters. The Morgan fingerprint density at radius 3 is 1.73 bits per heavy atom. The molecule has 0 radical (unpaired) electrons. The summed E-state index contributed by atoms with van der Waals surface area (Å²) in [6.07, 6.45) is 11.6. The van der Waals surface area contributed by atoms with Crippen molar-refractivity contribution >= 4 is 41.0 Å². The maximum absolute atomic E-state index is 13.4. The molecule has 0 saturated carbocycles. The van der Waals surface area contributed by atoms with Crippen LogP contribution >= 0.6 is 11.6 Å². The number of hydrogen-bond donors (Lipinski definition) is 7. The fraction of sp³-hybridized carbons (Fsp3) is 0.370. The molecule has 3 atom stereocenters. The number of hydrogen-bond acceptors (Lipinski definition) is 13. The number of aliphatic hydroxyl groups is 2. The van der Waals surface area contributed by atoms with E-state index in [0.717, 1.165) is 80.3 Å². The van der Waals surface area contributed by atoms with E-state index in [-0.39, 0.29) is 66.8 Å². The minimum absolute atomic E-state index is 0.0395. The third-order valence-corrected chi connectivity index (χ3v) is 11.5. The third-order valence-electron chi connectivity index (χ3n) is 11.2. The highest BCUT2D eigenvalue weighted by molar-refractivity contribution is 6.31. The van der Waals surface area contributed by atoms with Gasteiger partial charge in [-0.2, -0.15) is 0 Å². The van der Waals surface area contributed by atoms with Crippen LogP contribution in [0, 0.1) is 0 Å². The van der Waals surface area contributed by atoms with Crippen molar-refractivity contribution in [1.82, 2.24) is 35.9 Å². The number of halogens is 1. The number of carbonyl (C=O) groups excluding carboxylic acids is 3. The summed E-state index contributed by atoms with van der Waals surface area (Å²) >= 11 is 6.09. The number of rotatable bonds is 22. The average molecular weight is 896 g/mol. The number of nitrogens with one attached hydrogen (secondary N) is 3. The number of nitrogens with two attached hydrogens (primary N) is 2. The Morgan fingerprint density at radius 2 is 1.27 bits per heavy atom. The number of anilines is 2. The van der Waals surface area contributed by atoms with E-state index in [0.29, 0.717) is 22.6 Å². The summed E-state index contributed by atoms with van der Waals surface area (Å²) < 4.78 is 12.3. The van der Waals surface area contributed by atoms with Gasteiger partial charge in [0.25, 0.3) is 17.7 Å². The molecular formula is C46H56ClN10O7+. The molecule has 2 aromatic carbocycles. The quantitative estimate of drug-likeness (QED) is 0.0492. The molecular weight excluding hydrogens is 840 g/mol. The number of benzene rings is 2. The maximum atomic E-state index is 13.4. The molecule has 6 rings (SSSR count). The Kier molecular flexibility index (Phi) is 17.2. The van der Waals surface area contributed by atoms with Crippen LogP contribution in [-0.4, -0.2) is 111 Å². The average Bonchev–Trinajstić information content (AvgIpc) is 3.31. The summed E-state index contributed by atoms with van der Waals surface area (Å²) in [5, 5.41) is 28.1. The SMILES string of the molecule is Nc1nc(N)c(C(=O)NC2CCC[N+](CCCc3ccc(OCC(=O)NC(CO)c4cccnc4)cc3)(CCCc3ccc(OCC(=O)NC(CO)c4cccnc4)cc3)C2)nc1Cl. The standard InChI is InChI=1S/C46H55ClN10O7/c47-43-45(49)56-44(48)42(55-43)46(62)52-35-10-5-23-57(26-35,21-3-6-31-11-15-36(16-12-31)63-29-40(60)53-38(27-58)33-8-1-19-50-24-33)22-4-7-32-13-17-37(18-14-32)64-30-41(61)54-39(28-59)34-9-2-20-51-25-34/h1-2,8-9,11-20,24-25,35,38-39,58-59H,3-7,10,21-23,26-30H2,(H6-,48,49,52,53,54,56,60,61,62)/p+1. The van der Waals surface area contributed by atoms with Gasteiger partial charge in [-0.3, -0.25) is 24.4 Å². The molecule has 3 aromatic heterocycles. The molecule has 0 aliphatic carbocycles. The molecule has 18 heteroatoms. The second-order valence-corrected chi connectivity index (χ2v) is 16.2. The number of ether oxygens (including phenoxy) is 2. The molecule has 3 amide bonds. The van der Waals surface area contributed by atoms with E-state index in [1.807, 2.05) is 48.5 Å². The van der Waals surface area contributed by atoms with Gasteiger partial charge in [-0.25, -0.2) is 9.97 Å². The van der Waals surface area contributed by atoms with Gasteiger partial charge in [-0.05, 0) is 84.3 Å². The second kappa shape index (κ2) is 23.3. The van der Waals surface area contributed by atoms with Crippen LogP contribution < -0.4 is 36.9 Å². The zero-order valence-corrected chi connectivity index (χ0v) is 36.3. The maximum Gasteiger partial charge on any atom is 0.274 e. The summed E-state index contributed by atoms with van der Waals surface area (Å²) in [5.41, 5.74) is 15.4. The molecule has 338 valence electrons. The molecule has 1 saturated heterocycles. The predicted octanol–water partition coefficient (Wildman–Crippen LogP) is 3.52. The van der Waals surface area contributed by atoms with Crippen molar-refractivity contribution in [3.8, 4) is 11.5 Å². The van der Waals surface area contributed by atoms with Gasteiger partial charge in [0.2, 0.25) is 0 Å². The fourth-order valence-electron chi connectivity index (χ4n) is 7.97. The smallest absolute Gasteiger partial charge is 0.274 e. The van der Waals surface area contributed by atoms with Gasteiger partial charge in [-0.1, -0.05) is 48.0 Å². The van der Waals surface area contributed by atoms with Gasteiger partial charge in [0, 0.05) is 37.6 Å². The molecule has 64 heavy (non-hydrogen) atoms. The number of aryl methyl sites for hydroxylation is 2. The molecule has 1 aliphatic rings. The van der Waals surface area contributed by atoms with E-state index < -0.39 is 18.0 Å². The largest absolute Gasteiger partial charge is 0.484 e. The number of nitrogen functional groups attached to an aromatic ring is 2. The number of carbonyl (C=O) groups is 3. The van der Waals surface area contributed by atoms with E-state index in [1.54, 1.807) is 49.1 Å². The molecule has 0 spiro atoms. The number of quaternary nitrogens is 1. The lowest BCUT2D eigenvalue weighted by Crippen LogP contribution is -2.60. The molecule has 5 aromatic rings. The minimum Gasteiger partial charge on any atom is -0.484 e. The minimum atomic E-state index is -0.577. The number of pyridine rings is 2. The number of amides is 3. The Balaban J connectivity index is 1.02. The third kappa shape index (κ3) is 13.8. The summed E-state index contributed by atoms with van der Waals surface area (Å²) in [5.74, 6) is -0.159. The van der Waals surface area contributed by atoms with Crippen LogP contribution in [0.4, 0.5) is 11.6 Å². The molecule has 0 bridgehead atoms. The lowest BCUT2D eigenvalue weighted by atomic mass is 9.99. The van der Waals surface area contributed by atoms with Crippen LogP contribution in [0.1, 0.15) is 70.5 Å². The van der Waals surface area contributed by atoms with Crippen molar-refractivity contribution in [2.75, 3.05) is 64.1 Å². The highest BCUT2D eigenvalue weighted by atomic mass is 35.5. The fourth-order valence-corrected chi connectivity index (χ4v) is 8.09. The first kappa shape index (κ1) is 47.1. The van der Waals surface area contributed by atoms with Crippen molar-refractivity contribution < 1.29 is 38.6 Å². The molecule has 17 nitrogen and oxygen atoms in total. The van der Waals surface area contributed by atoms with Crippen LogP contribution in [0.5, 0.6) is 11.5 Å². The molecule has 1 fully saturated rings. The Labute approximate surface area is 377 Å². The van der Waals surface area contributed by atoms with E-state index in [1.165, 1.54) is 0 Å². The lowest BCUT2D eigenvalue weighted by molar-refractivity contribution is -0.933. The van der Waals surface area contributed by atoms with Gasteiger partial charge < -0.3 is 51.6 Å². The highest BCUT2D eigenvalue weighted by Gasteiger charge is 2.36. The number of aromatic nitrogens is 4. The topological polar surface area (TPSA) is 250 Å². The second-order valence-electron chi connectivity index (χ2n) is 15.9. The summed E-state index contributed by atoms with van der Waals surface area (Å²) in [4.78, 5) is 54.7. The Morgan fingerprint density at radius 1 is 0.750 bits per heavy atom. The summed E-state index contributed by atoms with van der Waals surface area (Å²) in [7, 11) is 0. The monoisotopic (exact) mass is 895 g/mol. The number of likely N-dealkylation sites (tertiary alicyclic amines) is 1. The zero-order valence-electron chi connectivity index (χ0n) is 35.6. The van der Waals surface area contributed by atoms with E-state index in [4.69, 9.17) is 32.5 Å². The van der Waals surface area contributed by atoms with Crippen LogP contribution in [-0.2, 0) is 22.4 Å². The highest BCUT2D eigenvalue weighted by Crippen LogP contribution is 2.25. The normalized spacial score (nSPS) is 16.8. The van der Waals surface area contributed by atoms with Crippen molar-refractivity contribution in [3.05, 3.63) is 131 Å². The van der Waals surface area contributed by atoms with Crippen LogP contribution in [0.2, 0.25) is 5.15 Å². The predicted molar refractivity (Wildman–Crippen MR) is 241 cm³/mol. The van der Waals surface area contributed by atoms with Crippen LogP contribution in [0.3, 0.4) is 0 Å². The van der Waals surface area contributed by atoms with Gasteiger partial charge >= 0.3 is 0 Å². The summed E-state index contributed by atoms with van der Waals surface area (Å²) in [6.45, 7) is 2.53. The first-order valence-corrected chi connectivity index (χ1v) is 21.7. The van der Waals surface area contributed by atoms with Crippen molar-refractivity contribution in [2.24, 2.45) is 0 Å². The van der Waals surface area contributed by atoms with Gasteiger partial charge in [0.15, 0.2) is 35.7 Å². The van der Waals surface area contributed by atoms with E-state index in [2.05, 4.69) is 35.9 Å². The first-order chi connectivity index (χ1) is 31.0. The number of nitrogens with zero attached hydrogens (tertiary/aromatic N) is 5. The zero-order chi connectivity index (χ0) is 45.3. The number of aliphatic hydroxyl groups excluding tert-OH is 2. The van der Waals surface area contributed by atoms with Gasteiger partial charge in [0.1, 0.15) is 11.5 Å². The van der Waals surface area contributed by atoms with E-state index in [9.17, 15) is 24.6 Å². The van der Waals surface area contributed by atoms with E-state index >= 15 is 0 Å². The van der Waals surface area contributed by atoms with Gasteiger partial charge in [-0.15, -0.1) is 0 Å². The van der Waals surface area contributed by atoms with Crippen molar-refractivity contribution in [1.29, 1.82) is 0 Å². The summed E-state index contributed by atoms with van der Waals surface area (Å²) in [6, 6.07) is 21.2. The van der Waals surface area contributed by atoms with Gasteiger partial charge in [0.05, 0.1) is 57.5 Å². The molecule has 4 heterocycles.